The Morgan fingerprint density at radius 1 is 1.31 bits per heavy atom. The summed E-state index contributed by atoms with van der Waals surface area (Å²) < 4.78 is 5.35. The molecule has 0 radical (unpaired) electrons. The van der Waals surface area contributed by atoms with Gasteiger partial charge in [-0.25, -0.2) is 0 Å². The molecule has 0 aromatic heterocycles. The molecule has 3 nitrogen and oxygen atoms in total. The van der Waals surface area contributed by atoms with Gasteiger partial charge in [0, 0.05) is 17.8 Å². The Balaban J connectivity index is 2.36. The Bertz CT molecular complexity index is 387. The van der Waals surface area contributed by atoms with E-state index in [1.165, 1.54) is 0 Å². The van der Waals surface area contributed by atoms with Crippen LogP contribution in [0.3, 0.4) is 0 Å². The number of ether oxygens (including phenoxy) is 1. The normalized spacial score (nSPS) is 16.2. The lowest BCUT2D eigenvalue weighted by atomic mass is 10.1. The van der Waals surface area contributed by atoms with E-state index in [4.69, 9.17) is 4.74 Å². The van der Waals surface area contributed by atoms with Crippen LogP contribution in [0.4, 0.5) is 5.69 Å². The number of fused-ring (bicyclic) bond motifs is 1. The molecule has 16 heavy (non-hydrogen) atoms. The van der Waals surface area contributed by atoms with E-state index in [9.17, 15) is 4.79 Å². The molecule has 1 amide bonds. The van der Waals surface area contributed by atoms with Crippen molar-refractivity contribution in [3.05, 3.63) is 29.8 Å². The van der Waals surface area contributed by atoms with Crippen LogP contribution >= 0.6 is 0 Å². The number of carbonyl (C=O) groups excluding carboxylic acids is 1. The summed E-state index contributed by atoms with van der Waals surface area (Å²) in [6, 6.07) is 7.95. The fourth-order valence-electron chi connectivity index (χ4n) is 1.92. The van der Waals surface area contributed by atoms with Gasteiger partial charge in [-0.3, -0.25) is 4.79 Å². The van der Waals surface area contributed by atoms with Gasteiger partial charge in [-0.05, 0) is 12.0 Å². The average Bonchev–Trinajstić information content (AvgIpc) is 2.40. The van der Waals surface area contributed by atoms with Crippen LogP contribution in [0.5, 0.6) is 0 Å². The lowest BCUT2D eigenvalue weighted by molar-refractivity contribution is -0.123. The van der Waals surface area contributed by atoms with Gasteiger partial charge < -0.3 is 9.64 Å². The molecule has 0 fully saturated rings. The van der Waals surface area contributed by atoms with Crippen molar-refractivity contribution in [3.63, 3.8) is 0 Å². The maximum Gasteiger partial charge on any atom is 0.253 e. The van der Waals surface area contributed by atoms with Crippen molar-refractivity contribution in [2.75, 3.05) is 18.1 Å². The van der Waals surface area contributed by atoms with Crippen molar-refractivity contribution >= 4 is 11.6 Å². The fraction of sp³-hybridized carbons (Fsp3) is 0.462. The molecule has 0 bridgehead atoms. The predicted octanol–water partition coefficient (Wildman–Crippen LogP) is 2.21. The van der Waals surface area contributed by atoms with Crippen LogP contribution in [-0.2, 0) is 16.1 Å². The van der Waals surface area contributed by atoms with Gasteiger partial charge in [0.1, 0.15) is 6.61 Å². The first kappa shape index (κ1) is 11.1. The van der Waals surface area contributed by atoms with E-state index in [0.29, 0.717) is 12.5 Å². The summed E-state index contributed by atoms with van der Waals surface area (Å²) in [7, 11) is 0. The van der Waals surface area contributed by atoms with E-state index in [2.05, 4.69) is 13.8 Å². The number of amides is 1. The molecule has 0 aliphatic carbocycles. The smallest absolute Gasteiger partial charge is 0.253 e. The third-order valence-corrected chi connectivity index (χ3v) is 2.61. The van der Waals surface area contributed by atoms with Crippen LogP contribution in [0.2, 0.25) is 0 Å². The highest BCUT2D eigenvalue weighted by Gasteiger charge is 2.22. The molecule has 1 aromatic carbocycles. The van der Waals surface area contributed by atoms with Crippen LogP contribution in [-0.4, -0.2) is 19.1 Å². The molecule has 86 valence electrons. The minimum absolute atomic E-state index is 0.0543. The van der Waals surface area contributed by atoms with Crippen molar-refractivity contribution in [1.82, 2.24) is 0 Å². The molecule has 1 heterocycles. The molecule has 3 heteroatoms. The maximum absolute atomic E-state index is 11.9. The molecule has 0 atom stereocenters. The highest BCUT2D eigenvalue weighted by atomic mass is 16.5. The van der Waals surface area contributed by atoms with E-state index in [1.807, 2.05) is 29.2 Å². The van der Waals surface area contributed by atoms with E-state index in [-0.39, 0.29) is 12.5 Å². The van der Waals surface area contributed by atoms with Crippen molar-refractivity contribution in [2.45, 2.75) is 20.5 Å². The average molecular weight is 219 g/mol. The zero-order chi connectivity index (χ0) is 11.5. The number of anilines is 1. The zero-order valence-electron chi connectivity index (χ0n) is 9.77. The molecule has 2 rings (SSSR count). The van der Waals surface area contributed by atoms with Crippen LogP contribution in [0, 0.1) is 5.92 Å². The van der Waals surface area contributed by atoms with E-state index in [1.54, 1.807) is 0 Å². The summed E-state index contributed by atoms with van der Waals surface area (Å²) in [4.78, 5) is 13.8. The predicted molar refractivity (Wildman–Crippen MR) is 63.3 cm³/mol. The molecule has 0 spiro atoms. The summed E-state index contributed by atoms with van der Waals surface area (Å²) in [6.45, 7) is 5.68. The van der Waals surface area contributed by atoms with Gasteiger partial charge >= 0.3 is 0 Å². The summed E-state index contributed by atoms with van der Waals surface area (Å²) >= 11 is 0. The van der Waals surface area contributed by atoms with Crippen molar-refractivity contribution in [1.29, 1.82) is 0 Å². The number of nitrogens with zero attached hydrogens (tertiary/aromatic N) is 1. The second-order valence-corrected chi connectivity index (χ2v) is 4.52. The standard InChI is InChI=1S/C13H17NO2/c1-10(2)7-14-12-6-4-3-5-11(12)8-16-9-13(14)15/h3-6,10H,7-9H2,1-2H3. The Labute approximate surface area is 96.0 Å². The van der Waals surface area contributed by atoms with Crippen molar-refractivity contribution in [2.24, 2.45) is 5.92 Å². The first-order valence-electron chi connectivity index (χ1n) is 5.64. The molecule has 1 aromatic rings. The van der Waals surface area contributed by atoms with Gasteiger partial charge in [0.05, 0.1) is 6.61 Å². The van der Waals surface area contributed by atoms with Crippen molar-refractivity contribution in [3.8, 4) is 0 Å². The second kappa shape index (κ2) is 4.66. The third kappa shape index (κ3) is 2.25. The fourth-order valence-corrected chi connectivity index (χ4v) is 1.92. The number of rotatable bonds is 2. The molecule has 1 aliphatic rings. The topological polar surface area (TPSA) is 29.5 Å². The van der Waals surface area contributed by atoms with E-state index in [0.717, 1.165) is 17.8 Å². The molecular weight excluding hydrogens is 202 g/mol. The lowest BCUT2D eigenvalue weighted by Crippen LogP contribution is -2.35. The minimum atomic E-state index is 0.0543. The molecule has 1 aliphatic heterocycles. The van der Waals surface area contributed by atoms with E-state index < -0.39 is 0 Å². The highest BCUT2D eigenvalue weighted by molar-refractivity contribution is 5.95. The van der Waals surface area contributed by atoms with Gasteiger partial charge in [0.15, 0.2) is 0 Å². The van der Waals surface area contributed by atoms with E-state index >= 15 is 0 Å². The summed E-state index contributed by atoms with van der Waals surface area (Å²) in [5.41, 5.74) is 2.09. The van der Waals surface area contributed by atoms with Gasteiger partial charge in [0.25, 0.3) is 5.91 Å². The maximum atomic E-state index is 11.9. The molecule has 0 N–H and O–H groups in total. The Morgan fingerprint density at radius 2 is 2.06 bits per heavy atom. The van der Waals surface area contributed by atoms with Crippen LogP contribution in [0.25, 0.3) is 0 Å². The van der Waals surface area contributed by atoms with Crippen LogP contribution in [0.1, 0.15) is 19.4 Å². The first-order valence-corrected chi connectivity index (χ1v) is 5.64. The van der Waals surface area contributed by atoms with Crippen molar-refractivity contribution < 1.29 is 9.53 Å². The number of carbonyl (C=O) groups is 1. The van der Waals surface area contributed by atoms with Gasteiger partial charge in [0.2, 0.25) is 0 Å². The molecule has 0 unspecified atom stereocenters. The number of benzene rings is 1. The van der Waals surface area contributed by atoms with Gasteiger partial charge in [-0.2, -0.15) is 0 Å². The minimum Gasteiger partial charge on any atom is -0.367 e. The molecule has 0 saturated carbocycles. The lowest BCUT2D eigenvalue weighted by Gasteiger charge is -2.24. The number of hydrogen-bond acceptors (Lipinski definition) is 2. The summed E-state index contributed by atoms with van der Waals surface area (Å²) in [5, 5.41) is 0. The Hall–Kier alpha value is -1.35. The Kier molecular flexibility index (Phi) is 3.25. The quantitative estimate of drug-likeness (QED) is 0.763. The third-order valence-electron chi connectivity index (χ3n) is 2.61. The van der Waals surface area contributed by atoms with Crippen LogP contribution in [0.15, 0.2) is 24.3 Å². The monoisotopic (exact) mass is 219 g/mol. The summed E-state index contributed by atoms with van der Waals surface area (Å²) in [5.74, 6) is 0.508. The second-order valence-electron chi connectivity index (χ2n) is 4.52. The number of hydrogen-bond donors (Lipinski definition) is 0. The van der Waals surface area contributed by atoms with Gasteiger partial charge in [-0.15, -0.1) is 0 Å². The van der Waals surface area contributed by atoms with Gasteiger partial charge in [-0.1, -0.05) is 32.0 Å². The largest absolute Gasteiger partial charge is 0.367 e. The number of para-hydroxylation sites is 1. The SMILES string of the molecule is CC(C)CN1C(=O)COCc2ccccc21. The molecular formula is C13H17NO2. The summed E-state index contributed by atoms with van der Waals surface area (Å²) in [6.07, 6.45) is 0. The van der Waals surface area contributed by atoms with Crippen LogP contribution < -0.4 is 4.90 Å². The highest BCUT2D eigenvalue weighted by Crippen LogP contribution is 2.24. The Morgan fingerprint density at radius 3 is 2.81 bits per heavy atom. The zero-order valence-corrected chi connectivity index (χ0v) is 9.77. The first-order chi connectivity index (χ1) is 7.68. The molecule has 0 saturated heterocycles.